The number of hydrogen-bond donors (Lipinski definition) is 1. The first kappa shape index (κ1) is 12.6. The van der Waals surface area contributed by atoms with Gasteiger partial charge in [0.05, 0.1) is 6.10 Å². The number of piperazine rings is 1. The van der Waals surface area contributed by atoms with Crippen molar-refractivity contribution < 1.29 is 5.11 Å². The summed E-state index contributed by atoms with van der Waals surface area (Å²) in [6.45, 7) is 7.43. The molecule has 0 amide bonds. The van der Waals surface area contributed by atoms with E-state index in [0.29, 0.717) is 0 Å². The largest absolute Gasteiger partial charge is 0.389 e. The van der Waals surface area contributed by atoms with Crippen LogP contribution in [0.4, 0.5) is 0 Å². The molecule has 0 aromatic heterocycles. The molecule has 0 spiro atoms. The average molecular weight is 234 g/mol. The van der Waals surface area contributed by atoms with E-state index in [4.69, 9.17) is 0 Å². The zero-order chi connectivity index (χ0) is 12.3. The molecular weight excluding hydrogens is 212 g/mol. The third-order valence-electron chi connectivity index (χ3n) is 3.46. The molecule has 0 bridgehead atoms. The van der Waals surface area contributed by atoms with Crippen molar-refractivity contribution >= 4 is 0 Å². The molecule has 1 saturated heterocycles. The molecule has 2 rings (SSSR count). The maximum absolute atomic E-state index is 9.45. The van der Waals surface area contributed by atoms with Crippen LogP contribution >= 0.6 is 0 Å². The molecule has 3 heteroatoms. The highest BCUT2D eigenvalue weighted by Gasteiger charge is 2.13. The summed E-state index contributed by atoms with van der Waals surface area (Å²) in [6.07, 6.45) is -0.368. The zero-order valence-electron chi connectivity index (χ0n) is 10.8. The maximum Gasteiger partial charge on any atom is 0.0761 e. The molecule has 1 unspecified atom stereocenters. The molecule has 0 aliphatic carbocycles. The number of aliphatic hydroxyl groups is 1. The third-order valence-corrected chi connectivity index (χ3v) is 3.46. The highest BCUT2D eigenvalue weighted by atomic mass is 16.3. The second-order valence-corrected chi connectivity index (χ2v) is 5.00. The van der Waals surface area contributed by atoms with E-state index in [1.54, 1.807) is 6.92 Å². The van der Waals surface area contributed by atoms with E-state index in [-0.39, 0.29) is 6.10 Å². The highest BCUT2D eigenvalue weighted by molar-refractivity contribution is 5.23. The Kier molecular flexibility index (Phi) is 4.15. The van der Waals surface area contributed by atoms with Crippen LogP contribution in [0.15, 0.2) is 24.3 Å². The van der Waals surface area contributed by atoms with Gasteiger partial charge in [-0.1, -0.05) is 24.3 Å². The molecule has 1 heterocycles. The maximum atomic E-state index is 9.45. The molecule has 1 aliphatic heterocycles. The molecule has 1 atom stereocenters. The summed E-state index contributed by atoms with van der Waals surface area (Å²) in [5, 5.41) is 9.45. The van der Waals surface area contributed by atoms with Crippen LogP contribution in [0.25, 0.3) is 0 Å². The van der Waals surface area contributed by atoms with Gasteiger partial charge in [-0.05, 0) is 25.1 Å². The van der Waals surface area contributed by atoms with Crippen LogP contribution in [-0.4, -0.2) is 48.1 Å². The molecular formula is C14H22N2O. The molecule has 94 valence electrons. The monoisotopic (exact) mass is 234 g/mol. The van der Waals surface area contributed by atoms with E-state index in [1.165, 1.54) is 5.56 Å². The molecule has 1 aliphatic rings. The third kappa shape index (κ3) is 3.53. The van der Waals surface area contributed by atoms with Gasteiger partial charge in [-0.25, -0.2) is 0 Å². The number of likely N-dealkylation sites (N-methyl/N-ethyl adjacent to an activating group) is 1. The Hall–Kier alpha value is -0.900. The SMILES string of the molecule is CC(O)c1ccc(CN2CCN(C)CC2)cc1. The minimum atomic E-state index is -0.368. The van der Waals surface area contributed by atoms with Gasteiger partial charge in [-0.2, -0.15) is 0 Å². The molecule has 1 aromatic rings. The lowest BCUT2D eigenvalue weighted by atomic mass is 10.1. The van der Waals surface area contributed by atoms with Crippen molar-refractivity contribution in [3.8, 4) is 0 Å². The minimum Gasteiger partial charge on any atom is -0.389 e. The lowest BCUT2D eigenvalue weighted by Gasteiger charge is -2.32. The minimum absolute atomic E-state index is 0.368. The molecule has 0 saturated carbocycles. The van der Waals surface area contributed by atoms with Gasteiger partial charge in [0.1, 0.15) is 0 Å². The predicted molar refractivity (Wildman–Crippen MR) is 69.8 cm³/mol. The normalized spacial score (nSPS) is 20.4. The summed E-state index contributed by atoms with van der Waals surface area (Å²) < 4.78 is 0. The Balaban J connectivity index is 1.90. The van der Waals surface area contributed by atoms with Gasteiger partial charge >= 0.3 is 0 Å². The number of rotatable bonds is 3. The van der Waals surface area contributed by atoms with Crippen LogP contribution in [0.1, 0.15) is 24.2 Å². The Bertz CT molecular complexity index is 340. The summed E-state index contributed by atoms with van der Waals surface area (Å²) in [6, 6.07) is 8.30. The molecule has 17 heavy (non-hydrogen) atoms. The molecule has 1 fully saturated rings. The van der Waals surface area contributed by atoms with Crippen molar-refractivity contribution in [3.05, 3.63) is 35.4 Å². The lowest BCUT2D eigenvalue weighted by molar-refractivity contribution is 0.148. The van der Waals surface area contributed by atoms with Crippen LogP contribution in [0.2, 0.25) is 0 Å². The number of aliphatic hydroxyl groups excluding tert-OH is 1. The van der Waals surface area contributed by atoms with Gasteiger partial charge in [0.15, 0.2) is 0 Å². The Morgan fingerprint density at radius 2 is 1.71 bits per heavy atom. The van der Waals surface area contributed by atoms with E-state index >= 15 is 0 Å². The second kappa shape index (κ2) is 5.63. The number of hydrogen-bond acceptors (Lipinski definition) is 3. The summed E-state index contributed by atoms with van der Waals surface area (Å²) >= 11 is 0. The zero-order valence-corrected chi connectivity index (χ0v) is 10.8. The summed E-state index contributed by atoms with van der Waals surface area (Å²) in [4.78, 5) is 4.85. The summed E-state index contributed by atoms with van der Waals surface area (Å²) in [5.41, 5.74) is 2.33. The fourth-order valence-electron chi connectivity index (χ4n) is 2.17. The quantitative estimate of drug-likeness (QED) is 0.858. The topological polar surface area (TPSA) is 26.7 Å². The smallest absolute Gasteiger partial charge is 0.0761 e. The van der Waals surface area contributed by atoms with Crippen molar-refractivity contribution in [1.82, 2.24) is 9.80 Å². The van der Waals surface area contributed by atoms with Crippen molar-refractivity contribution in [2.24, 2.45) is 0 Å². The van der Waals surface area contributed by atoms with Gasteiger partial charge in [-0.3, -0.25) is 4.90 Å². The van der Waals surface area contributed by atoms with E-state index in [1.807, 2.05) is 12.1 Å². The first-order chi connectivity index (χ1) is 8.15. The van der Waals surface area contributed by atoms with Crippen LogP contribution in [0.5, 0.6) is 0 Å². The summed E-state index contributed by atoms with van der Waals surface area (Å²) in [5.74, 6) is 0. The number of benzene rings is 1. The lowest BCUT2D eigenvalue weighted by Crippen LogP contribution is -2.43. The van der Waals surface area contributed by atoms with E-state index in [0.717, 1.165) is 38.3 Å². The molecule has 3 nitrogen and oxygen atoms in total. The Morgan fingerprint density at radius 1 is 1.12 bits per heavy atom. The number of nitrogens with zero attached hydrogens (tertiary/aromatic N) is 2. The van der Waals surface area contributed by atoms with Crippen LogP contribution in [0, 0.1) is 0 Å². The molecule has 1 aromatic carbocycles. The van der Waals surface area contributed by atoms with Crippen molar-refractivity contribution in [2.75, 3.05) is 33.2 Å². The van der Waals surface area contributed by atoms with Crippen molar-refractivity contribution in [2.45, 2.75) is 19.6 Å². The van der Waals surface area contributed by atoms with Gasteiger partial charge in [0.2, 0.25) is 0 Å². The first-order valence-corrected chi connectivity index (χ1v) is 6.33. The van der Waals surface area contributed by atoms with Gasteiger partial charge < -0.3 is 10.0 Å². The van der Waals surface area contributed by atoms with Crippen LogP contribution < -0.4 is 0 Å². The highest BCUT2D eigenvalue weighted by Crippen LogP contribution is 2.14. The fourth-order valence-corrected chi connectivity index (χ4v) is 2.17. The van der Waals surface area contributed by atoms with E-state index in [2.05, 4.69) is 29.0 Å². The van der Waals surface area contributed by atoms with E-state index in [9.17, 15) is 5.11 Å². The Labute approximate surface area is 104 Å². The van der Waals surface area contributed by atoms with Gasteiger partial charge in [0, 0.05) is 32.7 Å². The molecule has 1 N–H and O–H groups in total. The Morgan fingerprint density at radius 3 is 2.24 bits per heavy atom. The summed E-state index contributed by atoms with van der Waals surface area (Å²) in [7, 11) is 2.18. The van der Waals surface area contributed by atoms with Crippen LogP contribution in [0.3, 0.4) is 0 Å². The first-order valence-electron chi connectivity index (χ1n) is 6.33. The van der Waals surface area contributed by atoms with Gasteiger partial charge in [-0.15, -0.1) is 0 Å². The standard InChI is InChI=1S/C14H22N2O/c1-12(17)14-5-3-13(4-6-14)11-16-9-7-15(2)8-10-16/h3-6,12,17H,7-11H2,1-2H3. The second-order valence-electron chi connectivity index (χ2n) is 5.00. The molecule has 0 radical (unpaired) electrons. The van der Waals surface area contributed by atoms with Crippen molar-refractivity contribution in [1.29, 1.82) is 0 Å². The predicted octanol–water partition coefficient (Wildman–Crippen LogP) is 1.49. The van der Waals surface area contributed by atoms with E-state index < -0.39 is 0 Å². The van der Waals surface area contributed by atoms with Crippen LogP contribution in [-0.2, 0) is 6.54 Å². The van der Waals surface area contributed by atoms with Gasteiger partial charge in [0.25, 0.3) is 0 Å². The fraction of sp³-hybridized carbons (Fsp3) is 0.571. The van der Waals surface area contributed by atoms with Crippen molar-refractivity contribution in [3.63, 3.8) is 0 Å². The average Bonchev–Trinajstić information content (AvgIpc) is 2.33.